The summed E-state index contributed by atoms with van der Waals surface area (Å²) in [6.07, 6.45) is 5.94. The van der Waals surface area contributed by atoms with E-state index in [0.29, 0.717) is 19.0 Å². The standard InChI is InChI=1S/C21H24N6O/c1-14-19-17(13-18(15-3-4-15)23-20(19)25(2)24-14)21(28)27-11-9-26(10-12-27)16-5-7-22-8-6-16/h5-8,13,15H,3-4,9-12H2,1-2H3. The minimum atomic E-state index is 0.0970. The molecule has 28 heavy (non-hydrogen) atoms. The normalized spacial score (nSPS) is 17.4. The van der Waals surface area contributed by atoms with E-state index in [1.807, 2.05) is 49.5 Å². The van der Waals surface area contributed by atoms with Gasteiger partial charge in [0.05, 0.1) is 16.6 Å². The molecule has 1 aliphatic carbocycles. The highest BCUT2D eigenvalue weighted by Gasteiger charge is 2.30. The van der Waals surface area contributed by atoms with Crippen LogP contribution < -0.4 is 4.90 Å². The average Bonchev–Trinajstić information content (AvgIpc) is 3.54. The lowest BCUT2D eigenvalue weighted by atomic mass is 10.1. The van der Waals surface area contributed by atoms with E-state index in [0.717, 1.165) is 59.6 Å². The van der Waals surface area contributed by atoms with E-state index < -0.39 is 0 Å². The number of nitrogens with zero attached hydrogens (tertiary/aromatic N) is 6. The Morgan fingerprint density at radius 1 is 1.11 bits per heavy atom. The minimum Gasteiger partial charge on any atom is -0.368 e. The fraction of sp³-hybridized carbons (Fsp3) is 0.429. The summed E-state index contributed by atoms with van der Waals surface area (Å²) in [7, 11) is 1.90. The topological polar surface area (TPSA) is 67.2 Å². The number of rotatable bonds is 3. The second-order valence-electron chi connectivity index (χ2n) is 7.76. The molecular weight excluding hydrogens is 352 g/mol. The molecule has 0 N–H and O–H groups in total. The van der Waals surface area contributed by atoms with Crippen molar-refractivity contribution in [3.63, 3.8) is 0 Å². The zero-order valence-electron chi connectivity index (χ0n) is 16.3. The van der Waals surface area contributed by atoms with Crippen LogP contribution in [0.25, 0.3) is 11.0 Å². The molecule has 0 bridgehead atoms. The minimum absolute atomic E-state index is 0.0970. The summed E-state index contributed by atoms with van der Waals surface area (Å²) in [5, 5.41) is 5.42. The maximum atomic E-state index is 13.4. The molecule has 5 rings (SSSR count). The van der Waals surface area contributed by atoms with Crippen molar-refractivity contribution in [3.8, 4) is 0 Å². The summed E-state index contributed by atoms with van der Waals surface area (Å²) in [6, 6.07) is 6.06. The van der Waals surface area contributed by atoms with Gasteiger partial charge in [0, 0.05) is 62.9 Å². The van der Waals surface area contributed by atoms with E-state index in [4.69, 9.17) is 4.98 Å². The van der Waals surface area contributed by atoms with Crippen molar-refractivity contribution >= 4 is 22.6 Å². The first kappa shape index (κ1) is 17.2. The van der Waals surface area contributed by atoms with Crippen LogP contribution in [0, 0.1) is 6.92 Å². The van der Waals surface area contributed by atoms with Crippen LogP contribution in [0.2, 0.25) is 0 Å². The van der Waals surface area contributed by atoms with Crippen LogP contribution in [-0.2, 0) is 7.05 Å². The van der Waals surface area contributed by atoms with E-state index in [1.165, 1.54) is 0 Å². The Balaban J connectivity index is 1.43. The van der Waals surface area contributed by atoms with Gasteiger partial charge in [-0.1, -0.05) is 0 Å². The number of amides is 1. The van der Waals surface area contributed by atoms with Gasteiger partial charge in [-0.05, 0) is 38.0 Å². The van der Waals surface area contributed by atoms with Gasteiger partial charge in [0.1, 0.15) is 0 Å². The third-order valence-corrected chi connectivity index (χ3v) is 5.81. The molecule has 3 aromatic heterocycles. The lowest BCUT2D eigenvalue weighted by molar-refractivity contribution is 0.0748. The van der Waals surface area contributed by atoms with Gasteiger partial charge in [-0.25, -0.2) is 4.98 Å². The zero-order chi connectivity index (χ0) is 19.3. The molecule has 3 aromatic rings. The molecule has 2 fully saturated rings. The molecule has 1 aliphatic heterocycles. The average molecular weight is 376 g/mol. The van der Waals surface area contributed by atoms with E-state index in [-0.39, 0.29) is 5.91 Å². The van der Waals surface area contributed by atoms with Crippen LogP contribution in [0.4, 0.5) is 5.69 Å². The van der Waals surface area contributed by atoms with Gasteiger partial charge in [-0.15, -0.1) is 0 Å². The smallest absolute Gasteiger partial charge is 0.254 e. The van der Waals surface area contributed by atoms with Crippen LogP contribution in [0.3, 0.4) is 0 Å². The number of hydrogen-bond donors (Lipinski definition) is 0. The first-order valence-electron chi connectivity index (χ1n) is 9.90. The highest BCUT2D eigenvalue weighted by atomic mass is 16.2. The highest BCUT2D eigenvalue weighted by Crippen LogP contribution is 2.40. The van der Waals surface area contributed by atoms with E-state index in [2.05, 4.69) is 15.0 Å². The van der Waals surface area contributed by atoms with Crippen molar-refractivity contribution in [1.82, 2.24) is 24.6 Å². The summed E-state index contributed by atoms with van der Waals surface area (Å²) < 4.78 is 1.80. The number of carbonyl (C=O) groups is 1. The quantitative estimate of drug-likeness (QED) is 0.703. The van der Waals surface area contributed by atoms with Crippen molar-refractivity contribution in [2.45, 2.75) is 25.7 Å². The Bertz CT molecular complexity index is 1030. The van der Waals surface area contributed by atoms with Gasteiger partial charge in [0.25, 0.3) is 5.91 Å². The Hall–Kier alpha value is -2.96. The number of pyridine rings is 2. The lowest BCUT2D eigenvalue weighted by Gasteiger charge is -2.36. The maximum absolute atomic E-state index is 13.4. The highest BCUT2D eigenvalue weighted by molar-refractivity contribution is 6.06. The SMILES string of the molecule is Cc1nn(C)c2nc(C3CC3)cc(C(=O)N3CCN(c4ccncc4)CC3)c12. The molecule has 4 heterocycles. The molecule has 7 heteroatoms. The van der Waals surface area contributed by atoms with Crippen LogP contribution in [0.1, 0.15) is 40.5 Å². The van der Waals surface area contributed by atoms with E-state index in [1.54, 1.807) is 4.68 Å². The molecular formula is C21H24N6O. The predicted octanol–water partition coefficient (Wildman–Crippen LogP) is 2.51. The summed E-state index contributed by atoms with van der Waals surface area (Å²) in [5.74, 6) is 0.592. The van der Waals surface area contributed by atoms with Crippen LogP contribution in [0.5, 0.6) is 0 Å². The fourth-order valence-corrected chi connectivity index (χ4v) is 4.11. The molecule has 1 saturated heterocycles. The van der Waals surface area contributed by atoms with E-state index in [9.17, 15) is 4.79 Å². The molecule has 0 aromatic carbocycles. The monoisotopic (exact) mass is 376 g/mol. The molecule has 7 nitrogen and oxygen atoms in total. The fourth-order valence-electron chi connectivity index (χ4n) is 4.11. The number of hydrogen-bond acceptors (Lipinski definition) is 5. The van der Waals surface area contributed by atoms with Crippen molar-refractivity contribution < 1.29 is 4.79 Å². The molecule has 2 aliphatic rings. The van der Waals surface area contributed by atoms with E-state index >= 15 is 0 Å². The van der Waals surface area contributed by atoms with Crippen LogP contribution in [0.15, 0.2) is 30.6 Å². The first-order chi connectivity index (χ1) is 13.6. The molecule has 0 radical (unpaired) electrons. The second-order valence-corrected chi connectivity index (χ2v) is 7.76. The summed E-state index contributed by atoms with van der Waals surface area (Å²) in [5.41, 5.74) is 4.64. The number of piperazine rings is 1. The molecule has 1 amide bonds. The molecule has 0 unspecified atom stereocenters. The molecule has 144 valence electrons. The second kappa shape index (κ2) is 6.58. The van der Waals surface area contributed by atoms with Gasteiger partial charge < -0.3 is 9.80 Å². The number of fused-ring (bicyclic) bond motifs is 1. The molecule has 0 atom stereocenters. The predicted molar refractivity (Wildman–Crippen MR) is 108 cm³/mol. The summed E-state index contributed by atoms with van der Waals surface area (Å²) in [6.45, 7) is 5.03. The third kappa shape index (κ3) is 2.91. The van der Waals surface area contributed by atoms with Crippen LogP contribution in [-0.4, -0.2) is 56.7 Å². The van der Waals surface area contributed by atoms with Crippen molar-refractivity contribution in [2.75, 3.05) is 31.1 Å². The number of carbonyl (C=O) groups excluding carboxylic acids is 1. The van der Waals surface area contributed by atoms with Crippen molar-refractivity contribution in [3.05, 3.63) is 47.5 Å². The summed E-state index contributed by atoms with van der Waals surface area (Å²) >= 11 is 0. The van der Waals surface area contributed by atoms with Crippen molar-refractivity contribution in [2.24, 2.45) is 7.05 Å². The Morgan fingerprint density at radius 2 is 1.82 bits per heavy atom. The van der Waals surface area contributed by atoms with Gasteiger partial charge in [-0.2, -0.15) is 5.10 Å². The summed E-state index contributed by atoms with van der Waals surface area (Å²) in [4.78, 5) is 26.6. The largest absolute Gasteiger partial charge is 0.368 e. The number of aromatic nitrogens is 4. The van der Waals surface area contributed by atoms with Crippen molar-refractivity contribution in [1.29, 1.82) is 0 Å². The van der Waals surface area contributed by atoms with Gasteiger partial charge in [0.2, 0.25) is 0 Å². The van der Waals surface area contributed by atoms with Gasteiger partial charge in [0.15, 0.2) is 5.65 Å². The molecule has 0 spiro atoms. The van der Waals surface area contributed by atoms with Crippen LogP contribution >= 0.6 is 0 Å². The maximum Gasteiger partial charge on any atom is 0.254 e. The first-order valence-corrected chi connectivity index (χ1v) is 9.90. The van der Waals surface area contributed by atoms with Gasteiger partial charge in [-0.3, -0.25) is 14.5 Å². The molecule has 1 saturated carbocycles. The number of aryl methyl sites for hydroxylation is 2. The zero-order valence-corrected chi connectivity index (χ0v) is 16.3. The lowest BCUT2D eigenvalue weighted by Crippen LogP contribution is -2.48. The van der Waals surface area contributed by atoms with Gasteiger partial charge >= 0.3 is 0 Å². The Kier molecular flexibility index (Phi) is 4.03. The Morgan fingerprint density at radius 3 is 2.50 bits per heavy atom. The number of anilines is 1. The third-order valence-electron chi connectivity index (χ3n) is 5.81. The Labute approximate surface area is 164 Å².